The summed E-state index contributed by atoms with van der Waals surface area (Å²) in [5.74, 6) is 1.54. The van der Waals surface area contributed by atoms with Crippen LogP contribution in [0.5, 0.6) is 0 Å². The second-order valence-corrected chi connectivity index (χ2v) is 4.59. The van der Waals surface area contributed by atoms with E-state index in [-0.39, 0.29) is 5.82 Å². The third-order valence-electron chi connectivity index (χ3n) is 2.94. The molecule has 0 saturated carbocycles. The molecule has 2 heterocycles. The van der Waals surface area contributed by atoms with Gasteiger partial charge in [-0.15, -0.1) is 0 Å². The van der Waals surface area contributed by atoms with E-state index >= 15 is 0 Å². The SMILES string of the molecule is CCCc1nc(C(N)=O)n(Cc2oc(CC)nc2C)n1. The van der Waals surface area contributed by atoms with Crippen LogP contribution in [0.2, 0.25) is 0 Å². The number of oxazole rings is 1. The minimum absolute atomic E-state index is 0.155. The van der Waals surface area contributed by atoms with Gasteiger partial charge in [-0.05, 0) is 13.3 Å². The van der Waals surface area contributed by atoms with Crippen LogP contribution in [0, 0.1) is 6.92 Å². The van der Waals surface area contributed by atoms with E-state index < -0.39 is 5.91 Å². The molecule has 0 radical (unpaired) electrons. The van der Waals surface area contributed by atoms with E-state index in [9.17, 15) is 4.79 Å². The molecule has 20 heavy (non-hydrogen) atoms. The van der Waals surface area contributed by atoms with E-state index in [1.807, 2.05) is 20.8 Å². The Morgan fingerprint density at radius 1 is 1.35 bits per heavy atom. The molecule has 0 unspecified atom stereocenters. The van der Waals surface area contributed by atoms with Crippen LogP contribution in [-0.2, 0) is 19.4 Å². The summed E-state index contributed by atoms with van der Waals surface area (Å²) in [5, 5.41) is 4.31. The Morgan fingerprint density at radius 2 is 2.10 bits per heavy atom. The average Bonchev–Trinajstić information content (AvgIpc) is 2.95. The maximum absolute atomic E-state index is 11.4. The van der Waals surface area contributed by atoms with Crippen molar-refractivity contribution in [1.82, 2.24) is 19.7 Å². The van der Waals surface area contributed by atoms with Crippen molar-refractivity contribution >= 4 is 5.91 Å². The molecule has 2 N–H and O–H groups in total. The fourth-order valence-electron chi connectivity index (χ4n) is 1.93. The smallest absolute Gasteiger partial charge is 0.286 e. The Morgan fingerprint density at radius 3 is 2.65 bits per heavy atom. The summed E-state index contributed by atoms with van der Waals surface area (Å²) in [4.78, 5) is 19.9. The van der Waals surface area contributed by atoms with Crippen LogP contribution in [0.4, 0.5) is 0 Å². The van der Waals surface area contributed by atoms with E-state index in [1.165, 1.54) is 4.68 Å². The number of amides is 1. The number of aryl methyl sites for hydroxylation is 3. The molecule has 2 rings (SSSR count). The van der Waals surface area contributed by atoms with Crippen molar-refractivity contribution in [3.05, 3.63) is 29.0 Å². The van der Waals surface area contributed by atoms with Gasteiger partial charge in [0.05, 0.1) is 5.69 Å². The molecular formula is C13H19N5O2. The van der Waals surface area contributed by atoms with Crippen molar-refractivity contribution < 1.29 is 9.21 Å². The number of primary amides is 1. The highest BCUT2D eigenvalue weighted by Crippen LogP contribution is 2.13. The topological polar surface area (TPSA) is 99.8 Å². The third-order valence-corrected chi connectivity index (χ3v) is 2.94. The van der Waals surface area contributed by atoms with Gasteiger partial charge in [-0.3, -0.25) is 4.79 Å². The number of hydrogen-bond acceptors (Lipinski definition) is 5. The zero-order valence-electron chi connectivity index (χ0n) is 12.0. The zero-order chi connectivity index (χ0) is 14.7. The Labute approximate surface area is 117 Å². The molecule has 0 saturated heterocycles. The lowest BCUT2D eigenvalue weighted by Crippen LogP contribution is -2.19. The van der Waals surface area contributed by atoms with Crippen LogP contribution in [0.15, 0.2) is 4.42 Å². The lowest BCUT2D eigenvalue weighted by molar-refractivity contribution is 0.0985. The first-order valence-electron chi connectivity index (χ1n) is 6.73. The number of carbonyl (C=O) groups is 1. The molecule has 0 bridgehead atoms. The molecule has 7 nitrogen and oxygen atoms in total. The summed E-state index contributed by atoms with van der Waals surface area (Å²) in [5.41, 5.74) is 6.13. The standard InChI is InChI=1S/C13H19N5O2/c1-4-6-10-16-13(12(14)19)18(17-10)7-9-8(3)15-11(5-2)20-9/h4-7H2,1-3H3,(H2,14,19). The molecule has 0 spiro atoms. The van der Waals surface area contributed by atoms with Crippen molar-refractivity contribution in [2.45, 2.75) is 46.6 Å². The van der Waals surface area contributed by atoms with E-state index in [4.69, 9.17) is 10.2 Å². The van der Waals surface area contributed by atoms with Crippen LogP contribution in [0.3, 0.4) is 0 Å². The van der Waals surface area contributed by atoms with Crippen molar-refractivity contribution in [3.63, 3.8) is 0 Å². The van der Waals surface area contributed by atoms with Crippen LogP contribution in [0.25, 0.3) is 0 Å². The molecule has 0 fully saturated rings. The minimum Gasteiger partial charge on any atom is -0.443 e. The summed E-state index contributed by atoms with van der Waals surface area (Å²) in [6, 6.07) is 0. The average molecular weight is 277 g/mol. The van der Waals surface area contributed by atoms with Gasteiger partial charge < -0.3 is 10.2 Å². The van der Waals surface area contributed by atoms with Crippen LogP contribution < -0.4 is 5.73 Å². The first kappa shape index (κ1) is 14.2. The van der Waals surface area contributed by atoms with Gasteiger partial charge in [0.1, 0.15) is 12.3 Å². The number of aromatic nitrogens is 4. The predicted molar refractivity (Wildman–Crippen MR) is 72.3 cm³/mol. The van der Waals surface area contributed by atoms with Gasteiger partial charge in [0.15, 0.2) is 11.7 Å². The van der Waals surface area contributed by atoms with Crippen LogP contribution in [0.1, 0.15) is 54.1 Å². The van der Waals surface area contributed by atoms with Crippen molar-refractivity contribution in [3.8, 4) is 0 Å². The second kappa shape index (κ2) is 5.85. The monoisotopic (exact) mass is 277 g/mol. The maximum atomic E-state index is 11.4. The molecular weight excluding hydrogens is 258 g/mol. The van der Waals surface area contributed by atoms with E-state index in [0.717, 1.165) is 18.5 Å². The highest BCUT2D eigenvalue weighted by atomic mass is 16.4. The Hall–Kier alpha value is -2.18. The Balaban J connectivity index is 2.31. The summed E-state index contributed by atoms with van der Waals surface area (Å²) in [7, 11) is 0. The van der Waals surface area contributed by atoms with Gasteiger partial charge in [-0.1, -0.05) is 13.8 Å². The molecule has 108 valence electrons. The highest BCUT2D eigenvalue weighted by molar-refractivity contribution is 5.89. The second-order valence-electron chi connectivity index (χ2n) is 4.59. The van der Waals surface area contributed by atoms with Gasteiger partial charge in [0.25, 0.3) is 5.91 Å². The fraction of sp³-hybridized carbons (Fsp3) is 0.538. The largest absolute Gasteiger partial charge is 0.443 e. The number of nitrogens with two attached hydrogens (primary N) is 1. The fourth-order valence-corrected chi connectivity index (χ4v) is 1.93. The molecule has 0 aromatic carbocycles. The number of nitrogens with zero attached hydrogens (tertiary/aromatic N) is 4. The Kier molecular flexibility index (Phi) is 4.16. The van der Waals surface area contributed by atoms with E-state index in [0.29, 0.717) is 30.4 Å². The maximum Gasteiger partial charge on any atom is 0.286 e. The van der Waals surface area contributed by atoms with Gasteiger partial charge in [-0.2, -0.15) is 5.10 Å². The quantitative estimate of drug-likeness (QED) is 0.856. The van der Waals surface area contributed by atoms with E-state index in [2.05, 4.69) is 15.1 Å². The molecule has 2 aromatic heterocycles. The van der Waals surface area contributed by atoms with Crippen LogP contribution in [-0.4, -0.2) is 25.7 Å². The number of hydrogen-bond donors (Lipinski definition) is 1. The zero-order valence-corrected chi connectivity index (χ0v) is 12.0. The van der Waals surface area contributed by atoms with Gasteiger partial charge in [0, 0.05) is 12.8 Å². The van der Waals surface area contributed by atoms with Crippen molar-refractivity contribution in [2.24, 2.45) is 5.73 Å². The van der Waals surface area contributed by atoms with Crippen molar-refractivity contribution in [2.75, 3.05) is 0 Å². The summed E-state index contributed by atoms with van der Waals surface area (Å²) < 4.78 is 7.11. The summed E-state index contributed by atoms with van der Waals surface area (Å²) in [6.45, 7) is 6.18. The molecule has 0 aliphatic heterocycles. The molecule has 2 aromatic rings. The predicted octanol–water partition coefficient (Wildman–Crippen LogP) is 1.24. The van der Waals surface area contributed by atoms with Gasteiger partial charge >= 0.3 is 0 Å². The first-order chi connectivity index (χ1) is 9.55. The van der Waals surface area contributed by atoms with Gasteiger partial charge in [0.2, 0.25) is 5.82 Å². The lowest BCUT2D eigenvalue weighted by Gasteiger charge is -2.01. The van der Waals surface area contributed by atoms with Gasteiger partial charge in [-0.25, -0.2) is 14.6 Å². The highest BCUT2D eigenvalue weighted by Gasteiger charge is 2.17. The van der Waals surface area contributed by atoms with E-state index in [1.54, 1.807) is 0 Å². The summed E-state index contributed by atoms with van der Waals surface area (Å²) >= 11 is 0. The summed E-state index contributed by atoms with van der Waals surface area (Å²) in [6.07, 6.45) is 2.34. The minimum atomic E-state index is -0.590. The van der Waals surface area contributed by atoms with Crippen molar-refractivity contribution in [1.29, 1.82) is 0 Å². The first-order valence-corrected chi connectivity index (χ1v) is 6.73. The molecule has 0 atom stereocenters. The normalized spacial score (nSPS) is 10.9. The van der Waals surface area contributed by atoms with Crippen LogP contribution >= 0.6 is 0 Å². The number of rotatable bonds is 6. The lowest BCUT2D eigenvalue weighted by atomic mass is 10.3. The molecule has 0 aliphatic rings. The molecule has 7 heteroatoms. The third kappa shape index (κ3) is 2.87. The number of carbonyl (C=O) groups excluding carboxylic acids is 1. The molecule has 1 amide bonds. The Bertz CT molecular complexity index is 614. The molecule has 0 aliphatic carbocycles.